The number of carbonyl (C=O) groups is 1. The van der Waals surface area contributed by atoms with Crippen LogP contribution in [-0.2, 0) is 0 Å². The zero-order valence-corrected chi connectivity index (χ0v) is 10.6. The Labute approximate surface area is 117 Å². The van der Waals surface area contributed by atoms with Crippen LogP contribution in [0.5, 0.6) is 5.75 Å². The summed E-state index contributed by atoms with van der Waals surface area (Å²) in [6, 6.07) is 9.15. The molecule has 0 fully saturated rings. The number of fused-ring (bicyclic) bond motifs is 1. The van der Waals surface area contributed by atoms with E-state index in [-0.39, 0.29) is 22.7 Å². The number of furan rings is 1. The number of hydrogen-bond acceptors (Lipinski definition) is 6. The first-order valence-electron chi connectivity index (χ1n) is 5.94. The van der Waals surface area contributed by atoms with E-state index in [1.807, 2.05) is 0 Å². The summed E-state index contributed by atoms with van der Waals surface area (Å²) in [7, 11) is 0. The second-order valence-electron chi connectivity index (χ2n) is 4.11. The average Bonchev–Trinajstić information content (AvgIpc) is 3.01. The van der Waals surface area contributed by atoms with Gasteiger partial charge in [0.1, 0.15) is 5.52 Å². The molecule has 0 N–H and O–H groups in total. The molecule has 7 heteroatoms. The van der Waals surface area contributed by atoms with Gasteiger partial charge in [-0.15, -0.1) is 0 Å². The molecule has 3 rings (SSSR count). The lowest BCUT2D eigenvalue weighted by atomic mass is 10.2. The highest BCUT2D eigenvalue weighted by Crippen LogP contribution is 2.34. The Morgan fingerprint density at radius 1 is 1.24 bits per heavy atom. The SMILES string of the molecule is O=C(Oc1c([N+](=O)[O-])ccc2cccnc12)c1ccco1. The summed E-state index contributed by atoms with van der Waals surface area (Å²) in [6.45, 7) is 0. The van der Waals surface area contributed by atoms with Crippen LogP contribution >= 0.6 is 0 Å². The molecular formula is C14H8N2O5. The van der Waals surface area contributed by atoms with Crippen molar-refractivity contribution in [2.75, 3.05) is 0 Å². The van der Waals surface area contributed by atoms with Crippen LogP contribution in [0.4, 0.5) is 5.69 Å². The highest BCUT2D eigenvalue weighted by molar-refractivity contribution is 5.94. The molecule has 21 heavy (non-hydrogen) atoms. The lowest BCUT2D eigenvalue weighted by Crippen LogP contribution is -2.09. The van der Waals surface area contributed by atoms with Crippen LogP contribution in [0.3, 0.4) is 0 Å². The minimum absolute atomic E-state index is 0.0442. The Balaban J connectivity index is 2.12. The Morgan fingerprint density at radius 3 is 2.81 bits per heavy atom. The molecule has 0 amide bonds. The zero-order chi connectivity index (χ0) is 14.8. The molecule has 0 bridgehead atoms. The molecule has 3 aromatic rings. The second kappa shape index (κ2) is 5.04. The molecule has 104 valence electrons. The summed E-state index contributed by atoms with van der Waals surface area (Å²) < 4.78 is 10.0. The summed E-state index contributed by atoms with van der Waals surface area (Å²) in [6.07, 6.45) is 2.78. The van der Waals surface area contributed by atoms with Crippen LogP contribution in [0.25, 0.3) is 10.9 Å². The Morgan fingerprint density at radius 2 is 2.10 bits per heavy atom. The standard InChI is InChI=1S/C14H8N2O5/c17-14(11-4-2-8-20-11)21-13-10(16(18)19)6-5-9-3-1-7-15-12(9)13/h1-8H. The van der Waals surface area contributed by atoms with Crippen molar-refractivity contribution < 1.29 is 18.9 Å². The molecule has 0 spiro atoms. The number of hydrogen-bond donors (Lipinski definition) is 0. The van der Waals surface area contributed by atoms with Gasteiger partial charge < -0.3 is 9.15 Å². The first-order chi connectivity index (χ1) is 10.2. The molecule has 0 aliphatic rings. The van der Waals surface area contributed by atoms with Gasteiger partial charge in [-0.1, -0.05) is 6.07 Å². The first kappa shape index (κ1) is 12.8. The van der Waals surface area contributed by atoms with E-state index in [1.54, 1.807) is 18.2 Å². The summed E-state index contributed by atoms with van der Waals surface area (Å²) in [5.74, 6) is -1.06. The molecular weight excluding hydrogens is 276 g/mol. The van der Waals surface area contributed by atoms with Crippen molar-refractivity contribution in [1.82, 2.24) is 4.98 Å². The van der Waals surface area contributed by atoms with E-state index in [2.05, 4.69) is 4.98 Å². The summed E-state index contributed by atoms with van der Waals surface area (Å²) in [5.41, 5.74) is -0.0901. The molecule has 1 aromatic carbocycles. The van der Waals surface area contributed by atoms with Crippen LogP contribution in [0.1, 0.15) is 10.6 Å². The lowest BCUT2D eigenvalue weighted by Gasteiger charge is -2.06. The van der Waals surface area contributed by atoms with Crippen molar-refractivity contribution in [1.29, 1.82) is 0 Å². The number of carbonyl (C=O) groups excluding carboxylic acids is 1. The molecule has 0 atom stereocenters. The van der Waals surface area contributed by atoms with Gasteiger partial charge in [-0.05, 0) is 24.3 Å². The molecule has 0 aliphatic heterocycles. The van der Waals surface area contributed by atoms with E-state index < -0.39 is 10.9 Å². The van der Waals surface area contributed by atoms with Crippen molar-refractivity contribution in [3.63, 3.8) is 0 Å². The van der Waals surface area contributed by atoms with Crippen molar-refractivity contribution in [3.8, 4) is 5.75 Å². The van der Waals surface area contributed by atoms with Gasteiger partial charge in [0.15, 0.2) is 0 Å². The molecule has 0 unspecified atom stereocenters. The predicted octanol–water partition coefficient (Wildman–Crippen LogP) is 2.96. The molecule has 0 saturated heterocycles. The van der Waals surface area contributed by atoms with Gasteiger partial charge in [0.25, 0.3) is 0 Å². The minimum atomic E-state index is -0.818. The summed E-state index contributed by atoms with van der Waals surface area (Å²) >= 11 is 0. The van der Waals surface area contributed by atoms with Crippen LogP contribution in [0.2, 0.25) is 0 Å². The zero-order valence-electron chi connectivity index (χ0n) is 10.6. The van der Waals surface area contributed by atoms with Crippen molar-refractivity contribution in [2.45, 2.75) is 0 Å². The topological polar surface area (TPSA) is 95.5 Å². The highest BCUT2D eigenvalue weighted by atomic mass is 16.6. The van der Waals surface area contributed by atoms with Crippen LogP contribution < -0.4 is 4.74 Å². The van der Waals surface area contributed by atoms with Crippen molar-refractivity contribution in [2.24, 2.45) is 0 Å². The van der Waals surface area contributed by atoms with E-state index in [0.29, 0.717) is 5.39 Å². The largest absolute Gasteiger partial charge is 0.457 e. The highest BCUT2D eigenvalue weighted by Gasteiger charge is 2.23. The normalized spacial score (nSPS) is 10.5. The fraction of sp³-hybridized carbons (Fsp3) is 0. The van der Waals surface area contributed by atoms with E-state index in [4.69, 9.17) is 9.15 Å². The summed E-state index contributed by atoms with van der Waals surface area (Å²) in [5, 5.41) is 11.7. The number of esters is 1. The molecule has 7 nitrogen and oxygen atoms in total. The van der Waals surface area contributed by atoms with Crippen LogP contribution in [0, 0.1) is 10.1 Å². The van der Waals surface area contributed by atoms with Crippen LogP contribution in [0.15, 0.2) is 53.3 Å². The summed E-state index contributed by atoms with van der Waals surface area (Å²) in [4.78, 5) is 26.4. The van der Waals surface area contributed by atoms with Gasteiger partial charge in [0.2, 0.25) is 11.5 Å². The number of nitro groups is 1. The number of nitrogens with zero attached hydrogens (tertiary/aromatic N) is 2. The Kier molecular flexibility index (Phi) is 3.07. The molecule has 2 aromatic heterocycles. The minimum Gasteiger partial charge on any atom is -0.457 e. The van der Waals surface area contributed by atoms with Gasteiger partial charge >= 0.3 is 11.7 Å². The monoisotopic (exact) mass is 284 g/mol. The Bertz CT molecular complexity index is 827. The molecule has 0 radical (unpaired) electrons. The van der Waals surface area contributed by atoms with E-state index in [9.17, 15) is 14.9 Å². The lowest BCUT2D eigenvalue weighted by molar-refractivity contribution is -0.385. The molecule has 0 aliphatic carbocycles. The maximum Gasteiger partial charge on any atom is 0.379 e. The van der Waals surface area contributed by atoms with Crippen LogP contribution in [-0.4, -0.2) is 15.9 Å². The molecule has 2 heterocycles. The van der Waals surface area contributed by atoms with E-state index >= 15 is 0 Å². The maximum atomic E-state index is 11.9. The quantitative estimate of drug-likeness (QED) is 0.317. The first-order valence-corrected chi connectivity index (χ1v) is 5.94. The van der Waals surface area contributed by atoms with Gasteiger partial charge in [0, 0.05) is 17.6 Å². The number of aromatic nitrogens is 1. The van der Waals surface area contributed by atoms with Crippen molar-refractivity contribution >= 4 is 22.6 Å². The fourth-order valence-electron chi connectivity index (χ4n) is 1.89. The second-order valence-corrected chi connectivity index (χ2v) is 4.11. The Hall–Kier alpha value is -3.22. The van der Waals surface area contributed by atoms with Gasteiger partial charge in [-0.3, -0.25) is 15.1 Å². The van der Waals surface area contributed by atoms with Gasteiger partial charge in [-0.25, -0.2) is 4.79 Å². The average molecular weight is 284 g/mol. The molecule has 0 saturated carbocycles. The van der Waals surface area contributed by atoms with E-state index in [0.717, 1.165) is 0 Å². The van der Waals surface area contributed by atoms with E-state index in [1.165, 1.54) is 30.7 Å². The fourth-order valence-corrected chi connectivity index (χ4v) is 1.89. The van der Waals surface area contributed by atoms with Gasteiger partial charge in [-0.2, -0.15) is 0 Å². The number of ether oxygens (including phenoxy) is 1. The van der Waals surface area contributed by atoms with Crippen molar-refractivity contribution in [3.05, 3.63) is 64.7 Å². The number of pyridine rings is 1. The number of benzene rings is 1. The number of nitro benzene ring substituents is 1. The number of rotatable bonds is 3. The third kappa shape index (κ3) is 2.32. The van der Waals surface area contributed by atoms with Gasteiger partial charge in [0.05, 0.1) is 11.2 Å². The smallest absolute Gasteiger partial charge is 0.379 e. The third-order valence-electron chi connectivity index (χ3n) is 2.82. The third-order valence-corrected chi connectivity index (χ3v) is 2.82. The predicted molar refractivity (Wildman–Crippen MR) is 72.1 cm³/mol. The maximum absolute atomic E-state index is 11.9.